The molecule has 2 aliphatic rings. The van der Waals surface area contributed by atoms with Crippen LogP contribution in [0.15, 0.2) is 24.3 Å². The van der Waals surface area contributed by atoms with Gasteiger partial charge in [-0.3, -0.25) is 4.90 Å². The van der Waals surface area contributed by atoms with Crippen molar-refractivity contribution < 1.29 is 27.9 Å². The van der Waals surface area contributed by atoms with E-state index in [1.54, 1.807) is 0 Å². The Labute approximate surface area is 201 Å². The summed E-state index contributed by atoms with van der Waals surface area (Å²) in [7, 11) is 0. The van der Waals surface area contributed by atoms with Crippen molar-refractivity contribution in [3.8, 4) is 0 Å². The van der Waals surface area contributed by atoms with Crippen molar-refractivity contribution in [2.24, 2.45) is 0 Å². The molecule has 1 aromatic heterocycles. The molecule has 192 valence electrons. The lowest BCUT2D eigenvalue weighted by Crippen LogP contribution is -2.35. The van der Waals surface area contributed by atoms with Crippen LogP contribution < -0.4 is 5.32 Å². The number of likely N-dealkylation sites (tertiary alicyclic amines) is 1. The number of amides is 2. The number of carbonyl (C=O) groups excluding carboxylic acids is 1. The second-order valence-electron chi connectivity index (χ2n) is 8.56. The van der Waals surface area contributed by atoms with Crippen LogP contribution in [0, 0.1) is 0 Å². The van der Waals surface area contributed by atoms with E-state index >= 15 is 0 Å². The lowest BCUT2D eigenvalue weighted by Gasteiger charge is -2.26. The Morgan fingerprint density at radius 3 is 2.40 bits per heavy atom. The maximum absolute atomic E-state index is 13.0. The van der Waals surface area contributed by atoms with Crippen LogP contribution >= 0.6 is 0 Å². The third kappa shape index (κ3) is 7.41. The summed E-state index contributed by atoms with van der Waals surface area (Å²) < 4.78 is 33.7. The van der Waals surface area contributed by atoms with E-state index in [2.05, 4.69) is 33.5 Å². The summed E-state index contributed by atoms with van der Waals surface area (Å²) in [6.45, 7) is 7.31. The smallest absolute Gasteiger partial charge is 0.475 e. The van der Waals surface area contributed by atoms with E-state index in [1.807, 2.05) is 27.8 Å². The number of nitrogens with zero attached hydrogens (tertiary/aromatic N) is 5. The number of rotatable bonds is 4. The molecule has 0 bridgehead atoms. The first-order valence-corrected chi connectivity index (χ1v) is 11.8. The van der Waals surface area contributed by atoms with Crippen molar-refractivity contribution in [2.45, 2.75) is 64.8 Å². The van der Waals surface area contributed by atoms with Gasteiger partial charge in [0.15, 0.2) is 0 Å². The summed E-state index contributed by atoms with van der Waals surface area (Å²) >= 11 is 0. The van der Waals surface area contributed by atoms with Gasteiger partial charge in [0.05, 0.1) is 12.2 Å². The molecular weight excluding hydrogens is 465 g/mol. The van der Waals surface area contributed by atoms with Crippen molar-refractivity contribution >= 4 is 17.7 Å². The number of hydrogen-bond donors (Lipinski definition) is 2. The van der Waals surface area contributed by atoms with Crippen molar-refractivity contribution in [1.82, 2.24) is 24.8 Å². The minimum absolute atomic E-state index is 0.0422. The number of aliphatic carboxylic acids is 1. The van der Waals surface area contributed by atoms with E-state index in [-0.39, 0.29) is 6.03 Å². The molecule has 0 atom stereocenters. The number of carboxylic acids is 1. The van der Waals surface area contributed by atoms with E-state index in [0.29, 0.717) is 6.54 Å². The molecule has 2 aliphatic heterocycles. The number of anilines is 1. The number of carbonyl (C=O) groups is 2. The maximum atomic E-state index is 13.0. The lowest BCUT2D eigenvalue weighted by atomic mass is 10.1. The van der Waals surface area contributed by atoms with Crippen molar-refractivity contribution in [3.05, 3.63) is 41.2 Å². The first-order valence-electron chi connectivity index (χ1n) is 11.8. The zero-order chi connectivity index (χ0) is 25.4. The maximum Gasteiger partial charge on any atom is 0.490 e. The number of para-hydroxylation sites is 1. The van der Waals surface area contributed by atoms with Gasteiger partial charge in [-0.2, -0.15) is 13.2 Å². The molecule has 0 aliphatic carbocycles. The lowest BCUT2D eigenvalue weighted by molar-refractivity contribution is -0.192. The Bertz CT molecular complexity index is 1000. The Hall–Kier alpha value is -3.15. The zero-order valence-electron chi connectivity index (χ0n) is 19.7. The van der Waals surface area contributed by atoms with Gasteiger partial charge in [0.25, 0.3) is 0 Å². The molecule has 2 aromatic rings. The van der Waals surface area contributed by atoms with Crippen LogP contribution in [-0.4, -0.2) is 67.7 Å². The molecule has 0 saturated carbocycles. The van der Waals surface area contributed by atoms with Crippen LogP contribution in [0.5, 0.6) is 0 Å². The quantitative estimate of drug-likeness (QED) is 0.666. The number of urea groups is 1. The number of carboxylic acid groups (broad SMARTS) is 1. The summed E-state index contributed by atoms with van der Waals surface area (Å²) in [6.07, 6.45) is 0.544. The summed E-state index contributed by atoms with van der Waals surface area (Å²) in [6, 6.07) is 7.97. The molecule has 9 nitrogen and oxygen atoms in total. The van der Waals surface area contributed by atoms with Crippen LogP contribution in [-0.2, 0) is 30.8 Å². The number of aromatic nitrogens is 3. The van der Waals surface area contributed by atoms with E-state index in [9.17, 15) is 18.0 Å². The van der Waals surface area contributed by atoms with Gasteiger partial charge >= 0.3 is 18.2 Å². The van der Waals surface area contributed by atoms with Crippen LogP contribution in [0.1, 0.15) is 49.6 Å². The van der Waals surface area contributed by atoms with Crippen molar-refractivity contribution in [2.75, 3.05) is 25.0 Å². The fraction of sp³-hybridized carbons (Fsp3) is 0.565. The number of aryl methyl sites for hydroxylation is 2. The highest BCUT2D eigenvalue weighted by atomic mass is 19.4. The largest absolute Gasteiger partial charge is 0.490 e. The topological polar surface area (TPSA) is 104 Å². The van der Waals surface area contributed by atoms with Crippen molar-refractivity contribution in [1.29, 1.82) is 0 Å². The highest BCUT2D eigenvalue weighted by Gasteiger charge is 2.38. The molecule has 0 unspecified atom stereocenters. The Balaban J connectivity index is 0.000000429. The normalized spacial score (nSPS) is 16.5. The summed E-state index contributed by atoms with van der Waals surface area (Å²) in [5.41, 5.74) is 4.17. The third-order valence-corrected chi connectivity index (χ3v) is 6.05. The number of hydrogen-bond acceptors (Lipinski definition) is 5. The fourth-order valence-corrected chi connectivity index (χ4v) is 4.16. The Kier molecular flexibility index (Phi) is 9.07. The van der Waals surface area contributed by atoms with Crippen LogP contribution in [0.4, 0.5) is 23.7 Å². The van der Waals surface area contributed by atoms with Gasteiger partial charge in [0.2, 0.25) is 0 Å². The number of alkyl halides is 3. The highest BCUT2D eigenvalue weighted by Crippen LogP contribution is 2.21. The predicted octanol–water partition coefficient (Wildman–Crippen LogP) is 3.90. The molecule has 2 amide bonds. The van der Waals surface area contributed by atoms with E-state index < -0.39 is 12.1 Å². The highest BCUT2D eigenvalue weighted by molar-refractivity contribution is 5.90. The molecule has 35 heavy (non-hydrogen) atoms. The second kappa shape index (κ2) is 12.0. The summed E-state index contributed by atoms with van der Waals surface area (Å²) in [5, 5.41) is 19.1. The zero-order valence-corrected chi connectivity index (χ0v) is 19.7. The molecular formula is C23H31F3N6O3. The van der Waals surface area contributed by atoms with Gasteiger partial charge in [-0.1, -0.05) is 36.8 Å². The van der Waals surface area contributed by atoms with Gasteiger partial charge < -0.3 is 15.3 Å². The molecule has 0 spiro atoms. The first-order chi connectivity index (χ1) is 16.7. The van der Waals surface area contributed by atoms with Crippen LogP contribution in [0.2, 0.25) is 0 Å². The monoisotopic (exact) mass is 496 g/mol. The van der Waals surface area contributed by atoms with Gasteiger partial charge in [-0.25, -0.2) is 14.3 Å². The van der Waals surface area contributed by atoms with Crippen molar-refractivity contribution in [3.63, 3.8) is 0 Å². The number of fused-ring (bicyclic) bond motifs is 1. The summed E-state index contributed by atoms with van der Waals surface area (Å²) in [5.74, 6) is -2.76. The van der Waals surface area contributed by atoms with Gasteiger partial charge in [-0.15, -0.1) is 5.10 Å². The van der Waals surface area contributed by atoms with Crippen LogP contribution in [0.3, 0.4) is 0 Å². The standard InChI is InChI=1S/C21H30N6O.C2HF3O2/c1-2-17-9-4-5-10-18(17)22-21(28)26-13-8-14-27-20(16-26)19(23-24-27)15-25-11-6-3-7-12-25;3-2(4,5)1(6)7/h4-5,9-10H,2-3,6-8,11-16H2,1H3,(H,22,28);(H,6,7). The molecule has 1 fully saturated rings. The van der Waals surface area contributed by atoms with Gasteiger partial charge in [-0.05, 0) is 50.4 Å². The summed E-state index contributed by atoms with van der Waals surface area (Å²) in [4.78, 5) is 26.2. The average Bonchev–Trinajstić information content (AvgIpc) is 3.06. The molecule has 1 aromatic carbocycles. The van der Waals surface area contributed by atoms with Gasteiger partial charge in [0, 0.05) is 25.3 Å². The van der Waals surface area contributed by atoms with E-state index in [1.165, 1.54) is 19.3 Å². The average molecular weight is 497 g/mol. The number of nitrogens with one attached hydrogen (secondary N) is 1. The number of halogens is 3. The third-order valence-electron chi connectivity index (χ3n) is 6.05. The minimum atomic E-state index is -5.08. The molecule has 12 heteroatoms. The molecule has 2 N–H and O–H groups in total. The molecule has 3 heterocycles. The second-order valence-corrected chi connectivity index (χ2v) is 8.56. The molecule has 1 saturated heterocycles. The molecule has 0 radical (unpaired) electrons. The van der Waals surface area contributed by atoms with Gasteiger partial charge in [0.1, 0.15) is 5.69 Å². The minimum Gasteiger partial charge on any atom is -0.475 e. The van der Waals surface area contributed by atoms with Crippen LogP contribution in [0.25, 0.3) is 0 Å². The fourth-order valence-electron chi connectivity index (χ4n) is 4.16. The first kappa shape index (κ1) is 26.5. The SMILES string of the molecule is CCc1ccccc1NC(=O)N1CCCn2nnc(CN3CCCCC3)c2C1.O=C(O)C(F)(F)F. The predicted molar refractivity (Wildman–Crippen MR) is 123 cm³/mol. The van der Waals surface area contributed by atoms with E-state index in [0.717, 1.165) is 68.2 Å². The van der Waals surface area contributed by atoms with E-state index in [4.69, 9.17) is 9.90 Å². The molecule has 4 rings (SSSR count). The number of benzene rings is 1. The number of piperidine rings is 1. The Morgan fingerprint density at radius 2 is 1.74 bits per heavy atom. The Morgan fingerprint density at radius 1 is 1.06 bits per heavy atom.